The number of rotatable bonds is 1. The lowest BCUT2D eigenvalue weighted by Gasteiger charge is -1.83. The molecular formula is C10H14N2S2. The Morgan fingerprint density at radius 2 is 1.21 bits per heavy atom. The SMILES string of the molecule is CC.Cc1cnc(-c2ncc(C)s2)s1. The van der Waals surface area contributed by atoms with Crippen molar-refractivity contribution in [2.24, 2.45) is 0 Å². The third kappa shape index (κ3) is 2.62. The minimum Gasteiger partial charge on any atom is -0.242 e. The fourth-order valence-corrected chi connectivity index (χ4v) is 2.47. The van der Waals surface area contributed by atoms with Crippen LogP contribution in [0.3, 0.4) is 0 Å². The Labute approximate surface area is 92.7 Å². The molecule has 0 fully saturated rings. The second-order valence-corrected chi connectivity index (χ2v) is 5.02. The largest absolute Gasteiger partial charge is 0.242 e. The smallest absolute Gasteiger partial charge is 0.152 e. The minimum absolute atomic E-state index is 1.03. The van der Waals surface area contributed by atoms with Gasteiger partial charge in [-0.3, -0.25) is 0 Å². The van der Waals surface area contributed by atoms with Gasteiger partial charge in [-0.25, -0.2) is 9.97 Å². The maximum absolute atomic E-state index is 4.27. The lowest BCUT2D eigenvalue weighted by atomic mass is 10.6. The number of nitrogens with zero attached hydrogens (tertiary/aromatic N) is 2. The molecule has 0 aromatic carbocycles. The molecule has 0 radical (unpaired) electrons. The monoisotopic (exact) mass is 226 g/mol. The van der Waals surface area contributed by atoms with Crippen LogP contribution in [0.2, 0.25) is 0 Å². The maximum atomic E-state index is 4.27. The van der Waals surface area contributed by atoms with Crippen molar-refractivity contribution in [3.8, 4) is 10.0 Å². The highest BCUT2D eigenvalue weighted by atomic mass is 32.1. The summed E-state index contributed by atoms with van der Waals surface area (Å²) in [7, 11) is 0. The van der Waals surface area contributed by atoms with Gasteiger partial charge in [-0.1, -0.05) is 13.8 Å². The second kappa shape index (κ2) is 5.22. The molecule has 0 aliphatic carbocycles. The summed E-state index contributed by atoms with van der Waals surface area (Å²) >= 11 is 3.38. The third-order valence-corrected chi connectivity index (χ3v) is 3.39. The van der Waals surface area contributed by atoms with E-state index in [1.54, 1.807) is 22.7 Å². The first-order valence-electron chi connectivity index (χ1n) is 4.61. The van der Waals surface area contributed by atoms with Crippen LogP contribution < -0.4 is 0 Å². The van der Waals surface area contributed by atoms with Gasteiger partial charge in [-0.15, -0.1) is 22.7 Å². The zero-order valence-corrected chi connectivity index (χ0v) is 10.5. The summed E-state index contributed by atoms with van der Waals surface area (Å²) in [5, 5.41) is 2.07. The topological polar surface area (TPSA) is 25.8 Å². The van der Waals surface area contributed by atoms with Crippen LogP contribution in [0, 0.1) is 13.8 Å². The average molecular weight is 226 g/mol. The number of thiazole rings is 2. The summed E-state index contributed by atoms with van der Waals surface area (Å²) in [6.07, 6.45) is 3.77. The lowest BCUT2D eigenvalue weighted by molar-refractivity contribution is 1.33. The normalized spacial score (nSPS) is 9.43. The van der Waals surface area contributed by atoms with Crippen molar-refractivity contribution in [1.82, 2.24) is 9.97 Å². The molecule has 14 heavy (non-hydrogen) atoms. The number of hydrogen-bond donors (Lipinski definition) is 0. The van der Waals surface area contributed by atoms with Crippen LogP contribution >= 0.6 is 22.7 Å². The summed E-state index contributed by atoms with van der Waals surface area (Å²) in [4.78, 5) is 11.0. The molecule has 76 valence electrons. The van der Waals surface area contributed by atoms with Crippen molar-refractivity contribution in [3.05, 3.63) is 22.1 Å². The first-order chi connectivity index (χ1) is 6.75. The number of aryl methyl sites for hydroxylation is 2. The van der Waals surface area contributed by atoms with Crippen LogP contribution in [-0.4, -0.2) is 9.97 Å². The molecule has 2 heterocycles. The summed E-state index contributed by atoms with van der Waals surface area (Å²) in [6.45, 7) is 8.11. The molecule has 2 nitrogen and oxygen atoms in total. The predicted molar refractivity (Wildman–Crippen MR) is 64.0 cm³/mol. The van der Waals surface area contributed by atoms with E-state index in [2.05, 4.69) is 23.8 Å². The lowest BCUT2D eigenvalue weighted by Crippen LogP contribution is -1.68. The highest BCUT2D eigenvalue weighted by molar-refractivity contribution is 7.21. The zero-order chi connectivity index (χ0) is 10.6. The van der Waals surface area contributed by atoms with E-state index in [9.17, 15) is 0 Å². The zero-order valence-electron chi connectivity index (χ0n) is 8.87. The molecule has 0 aliphatic heterocycles. The van der Waals surface area contributed by atoms with E-state index in [4.69, 9.17) is 0 Å². The van der Waals surface area contributed by atoms with Gasteiger partial charge in [0.15, 0.2) is 10.0 Å². The second-order valence-electron chi connectivity index (χ2n) is 2.55. The summed E-state index contributed by atoms with van der Waals surface area (Å²) in [5.74, 6) is 0. The standard InChI is InChI=1S/C8H8N2S2.C2H6/c1-5-3-9-7(11-5)8-10-4-6(2)12-8;1-2/h3-4H,1-2H3;1-2H3. The van der Waals surface area contributed by atoms with Crippen LogP contribution in [0.4, 0.5) is 0 Å². The van der Waals surface area contributed by atoms with Gasteiger partial charge in [0.1, 0.15) is 0 Å². The molecule has 4 heteroatoms. The molecule has 2 aromatic rings. The maximum Gasteiger partial charge on any atom is 0.152 e. The summed E-state index contributed by atoms with van der Waals surface area (Å²) in [6, 6.07) is 0. The fraction of sp³-hybridized carbons (Fsp3) is 0.400. The van der Waals surface area contributed by atoms with Gasteiger partial charge < -0.3 is 0 Å². The number of hydrogen-bond acceptors (Lipinski definition) is 4. The van der Waals surface area contributed by atoms with Crippen molar-refractivity contribution in [2.45, 2.75) is 27.7 Å². The van der Waals surface area contributed by atoms with E-state index in [-0.39, 0.29) is 0 Å². The van der Waals surface area contributed by atoms with E-state index in [1.165, 1.54) is 9.75 Å². The van der Waals surface area contributed by atoms with Gasteiger partial charge in [-0.2, -0.15) is 0 Å². The number of aromatic nitrogens is 2. The van der Waals surface area contributed by atoms with Gasteiger partial charge >= 0.3 is 0 Å². The molecular weight excluding hydrogens is 212 g/mol. The van der Waals surface area contributed by atoms with Crippen molar-refractivity contribution >= 4 is 22.7 Å². The first-order valence-corrected chi connectivity index (χ1v) is 6.24. The Kier molecular flexibility index (Phi) is 4.22. The van der Waals surface area contributed by atoms with Crippen molar-refractivity contribution in [2.75, 3.05) is 0 Å². The Morgan fingerprint density at radius 3 is 1.43 bits per heavy atom. The quantitative estimate of drug-likeness (QED) is 0.736. The Bertz CT molecular complexity index is 352. The molecule has 0 bridgehead atoms. The molecule has 0 spiro atoms. The van der Waals surface area contributed by atoms with Gasteiger partial charge in [0, 0.05) is 22.1 Å². The Balaban J connectivity index is 0.000000461. The molecule has 0 amide bonds. The van der Waals surface area contributed by atoms with Crippen LogP contribution in [0.1, 0.15) is 23.6 Å². The molecule has 2 rings (SSSR count). The third-order valence-electron chi connectivity index (χ3n) is 1.43. The van der Waals surface area contributed by atoms with Crippen LogP contribution in [-0.2, 0) is 0 Å². The fourth-order valence-electron chi connectivity index (χ4n) is 0.907. The van der Waals surface area contributed by atoms with E-state index < -0.39 is 0 Å². The van der Waals surface area contributed by atoms with Crippen LogP contribution in [0.15, 0.2) is 12.4 Å². The first kappa shape index (κ1) is 11.3. The minimum atomic E-state index is 1.03. The average Bonchev–Trinajstić information content (AvgIpc) is 2.78. The predicted octanol–water partition coefficient (Wildman–Crippen LogP) is 3.91. The molecule has 2 aromatic heterocycles. The molecule has 0 unspecified atom stereocenters. The Morgan fingerprint density at radius 1 is 0.857 bits per heavy atom. The van der Waals surface area contributed by atoms with Gasteiger partial charge in [0.05, 0.1) is 0 Å². The van der Waals surface area contributed by atoms with Gasteiger partial charge in [-0.05, 0) is 13.8 Å². The van der Waals surface area contributed by atoms with E-state index in [0.29, 0.717) is 0 Å². The van der Waals surface area contributed by atoms with Crippen molar-refractivity contribution in [3.63, 3.8) is 0 Å². The molecule has 0 saturated heterocycles. The summed E-state index contributed by atoms with van der Waals surface area (Å²) in [5.41, 5.74) is 0. The highest BCUT2D eigenvalue weighted by Gasteiger charge is 2.05. The van der Waals surface area contributed by atoms with E-state index >= 15 is 0 Å². The van der Waals surface area contributed by atoms with Crippen molar-refractivity contribution in [1.29, 1.82) is 0 Å². The molecule has 0 aliphatic rings. The summed E-state index contributed by atoms with van der Waals surface area (Å²) < 4.78 is 0. The van der Waals surface area contributed by atoms with Gasteiger partial charge in [0.2, 0.25) is 0 Å². The van der Waals surface area contributed by atoms with Crippen LogP contribution in [0.5, 0.6) is 0 Å². The molecule has 0 saturated carbocycles. The van der Waals surface area contributed by atoms with E-state index in [1.807, 2.05) is 26.2 Å². The Hall–Kier alpha value is -0.740. The molecule has 0 atom stereocenters. The molecule has 0 N–H and O–H groups in total. The van der Waals surface area contributed by atoms with E-state index in [0.717, 1.165) is 10.0 Å². The highest BCUT2D eigenvalue weighted by Crippen LogP contribution is 2.27. The van der Waals surface area contributed by atoms with Crippen molar-refractivity contribution < 1.29 is 0 Å². The van der Waals surface area contributed by atoms with Crippen LogP contribution in [0.25, 0.3) is 10.0 Å². The van der Waals surface area contributed by atoms with Gasteiger partial charge in [0.25, 0.3) is 0 Å².